The van der Waals surface area contributed by atoms with Gasteiger partial charge in [-0.2, -0.15) is 0 Å². The minimum Gasteiger partial charge on any atom is -0.522 e. The van der Waals surface area contributed by atoms with Crippen LogP contribution in [-0.2, 0) is 0 Å². The molecule has 0 heterocycles. The third kappa shape index (κ3) is 6.80. The molecular weight excluding hydrogens is 247 g/mol. The summed E-state index contributed by atoms with van der Waals surface area (Å²) in [7, 11) is 0. The van der Waals surface area contributed by atoms with Crippen LogP contribution in [0.3, 0.4) is 0 Å². The van der Waals surface area contributed by atoms with Gasteiger partial charge in [0.2, 0.25) is 0 Å². The van der Waals surface area contributed by atoms with Gasteiger partial charge in [0, 0.05) is 0 Å². The molecule has 84 valence electrons. The van der Waals surface area contributed by atoms with E-state index < -0.39 is 13.5 Å². The van der Waals surface area contributed by atoms with Gasteiger partial charge in [0.15, 0.2) is 0 Å². The first-order valence-corrected chi connectivity index (χ1v) is 4.58. The minimum atomic E-state index is -4.90. The Morgan fingerprint density at radius 3 is 1.81 bits per heavy atom. The van der Waals surface area contributed by atoms with Crippen LogP contribution in [0, 0.1) is 0 Å². The first kappa shape index (κ1) is 16.3. The Morgan fingerprint density at radius 1 is 1.00 bits per heavy atom. The summed E-state index contributed by atoms with van der Waals surface area (Å²) in [4.78, 5) is 0. The molecule has 0 aromatic heterocycles. The minimum absolute atomic E-state index is 0. The molecule has 1 rings (SSSR count). The van der Waals surface area contributed by atoms with Crippen molar-refractivity contribution in [3.63, 3.8) is 0 Å². The van der Waals surface area contributed by atoms with Crippen molar-refractivity contribution in [1.82, 2.24) is 0 Å². The van der Waals surface area contributed by atoms with Crippen LogP contribution in [0.2, 0.25) is 0 Å². The number of rotatable bonds is 5. The van der Waals surface area contributed by atoms with E-state index in [0.717, 1.165) is 0 Å². The van der Waals surface area contributed by atoms with Gasteiger partial charge in [-0.05, 0) is 31.2 Å². The normalized spacial score (nSPS) is 10.5. The van der Waals surface area contributed by atoms with Crippen LogP contribution in [0.25, 0.3) is 0 Å². The first-order chi connectivity index (χ1) is 7.01. The fraction of sp³-hybridized carbons (Fsp3) is 0.333. The van der Waals surface area contributed by atoms with E-state index in [4.69, 9.17) is 4.74 Å². The average molecular weight is 258 g/mol. The van der Waals surface area contributed by atoms with Crippen molar-refractivity contribution in [1.29, 1.82) is 0 Å². The second-order valence-corrected chi connectivity index (χ2v) is 2.93. The molecule has 0 saturated heterocycles. The number of benzene rings is 1. The topological polar surface area (TPSA) is 18.5 Å². The molecule has 2 nitrogen and oxygen atoms in total. The molecule has 0 radical (unpaired) electrons. The number of halogens is 3. The van der Waals surface area contributed by atoms with Crippen molar-refractivity contribution >= 4 is 6.98 Å². The molecule has 0 aliphatic rings. The maximum Gasteiger partial charge on any atom is 1.00 e. The van der Waals surface area contributed by atoms with Gasteiger partial charge in [0.1, 0.15) is 11.5 Å². The molecule has 0 fully saturated rings. The Morgan fingerprint density at radius 2 is 1.44 bits per heavy atom. The molecule has 0 spiro atoms. The SMILES string of the molecule is CCOc1ccc(OC[B-](F)(F)F)cc1.[K+]. The second kappa shape index (κ2) is 7.60. The Labute approximate surface area is 135 Å². The second-order valence-electron chi connectivity index (χ2n) is 2.93. The molecule has 0 amide bonds. The van der Waals surface area contributed by atoms with Crippen molar-refractivity contribution in [2.24, 2.45) is 0 Å². The Hall–Kier alpha value is 0.311. The van der Waals surface area contributed by atoms with E-state index >= 15 is 0 Å². The van der Waals surface area contributed by atoms with Crippen molar-refractivity contribution in [3.05, 3.63) is 24.3 Å². The summed E-state index contributed by atoms with van der Waals surface area (Å²) < 4.78 is 45.2. The van der Waals surface area contributed by atoms with E-state index in [-0.39, 0.29) is 57.1 Å². The van der Waals surface area contributed by atoms with Crippen LogP contribution in [-0.4, -0.2) is 20.1 Å². The van der Waals surface area contributed by atoms with Gasteiger partial charge in [0.25, 0.3) is 0 Å². The fourth-order valence-corrected chi connectivity index (χ4v) is 0.989. The predicted octanol–water partition coefficient (Wildman–Crippen LogP) is -0.145. The Kier molecular flexibility index (Phi) is 7.75. The molecule has 16 heavy (non-hydrogen) atoms. The van der Waals surface area contributed by atoms with E-state index in [9.17, 15) is 12.9 Å². The predicted molar refractivity (Wildman–Crippen MR) is 52.2 cm³/mol. The molecule has 1 aromatic rings. The average Bonchev–Trinajstić information content (AvgIpc) is 2.16. The smallest absolute Gasteiger partial charge is 0.522 e. The molecular formula is C9H11BF3KO2. The Bertz CT molecular complexity index is 303. The summed E-state index contributed by atoms with van der Waals surface area (Å²) in [5, 5.41) is 0. The van der Waals surface area contributed by atoms with E-state index in [1.807, 2.05) is 6.92 Å². The van der Waals surface area contributed by atoms with Crippen LogP contribution in [0.1, 0.15) is 6.92 Å². The summed E-state index contributed by atoms with van der Waals surface area (Å²) in [5.41, 5.74) is 0. The summed E-state index contributed by atoms with van der Waals surface area (Å²) in [6, 6.07) is 6.05. The van der Waals surface area contributed by atoms with E-state index in [2.05, 4.69) is 4.74 Å². The van der Waals surface area contributed by atoms with E-state index in [1.54, 1.807) is 12.1 Å². The number of ether oxygens (including phenoxy) is 2. The Balaban J connectivity index is 0.00000225. The molecule has 0 aliphatic heterocycles. The van der Waals surface area contributed by atoms with Crippen molar-refractivity contribution in [3.8, 4) is 11.5 Å². The third-order valence-corrected chi connectivity index (χ3v) is 1.57. The quantitative estimate of drug-likeness (QED) is 0.684. The fourth-order valence-electron chi connectivity index (χ4n) is 0.989. The zero-order chi connectivity index (χ0) is 11.3. The maximum absolute atomic E-state index is 11.9. The molecule has 0 bridgehead atoms. The third-order valence-electron chi connectivity index (χ3n) is 1.57. The summed E-state index contributed by atoms with van der Waals surface area (Å²) in [6.45, 7) is -3.76. The summed E-state index contributed by atoms with van der Waals surface area (Å²) in [5.74, 6) is 0.806. The molecule has 1 aromatic carbocycles. The van der Waals surface area contributed by atoms with Gasteiger partial charge in [-0.15, -0.1) is 0 Å². The van der Waals surface area contributed by atoms with Gasteiger partial charge in [-0.3, -0.25) is 0 Å². The van der Waals surface area contributed by atoms with Gasteiger partial charge in [-0.1, -0.05) is 0 Å². The van der Waals surface area contributed by atoms with Crippen molar-refractivity contribution < 1.29 is 73.8 Å². The van der Waals surface area contributed by atoms with E-state index in [0.29, 0.717) is 12.4 Å². The van der Waals surface area contributed by atoms with Gasteiger partial charge in [0.05, 0.1) is 13.1 Å². The van der Waals surface area contributed by atoms with Crippen molar-refractivity contribution in [2.45, 2.75) is 6.92 Å². The van der Waals surface area contributed by atoms with Crippen LogP contribution in [0.15, 0.2) is 24.3 Å². The zero-order valence-electron chi connectivity index (χ0n) is 9.25. The number of hydrogen-bond acceptors (Lipinski definition) is 2. The van der Waals surface area contributed by atoms with Crippen LogP contribution in [0.5, 0.6) is 11.5 Å². The largest absolute Gasteiger partial charge is 1.00 e. The molecule has 0 aliphatic carbocycles. The molecule has 0 N–H and O–H groups in total. The van der Waals surface area contributed by atoms with Crippen molar-refractivity contribution in [2.75, 3.05) is 13.1 Å². The standard InChI is InChI=1S/C9H11BF3O2.K/c1-2-14-8-3-5-9(6-4-8)15-7-10(11,12)13;/h3-6H,2,7H2,1H3;/q-1;+1. The van der Waals surface area contributed by atoms with Gasteiger partial charge < -0.3 is 22.4 Å². The summed E-state index contributed by atoms with van der Waals surface area (Å²) >= 11 is 0. The summed E-state index contributed by atoms with van der Waals surface area (Å²) in [6.07, 6.45) is 0. The maximum atomic E-state index is 11.9. The molecule has 0 unspecified atom stereocenters. The van der Waals surface area contributed by atoms with Crippen LogP contribution >= 0.6 is 0 Å². The van der Waals surface area contributed by atoms with Crippen LogP contribution < -0.4 is 60.9 Å². The first-order valence-electron chi connectivity index (χ1n) is 4.58. The zero-order valence-corrected chi connectivity index (χ0v) is 12.4. The molecule has 0 atom stereocenters. The van der Waals surface area contributed by atoms with Crippen LogP contribution in [0.4, 0.5) is 12.9 Å². The van der Waals surface area contributed by atoms with Gasteiger partial charge >= 0.3 is 58.4 Å². The van der Waals surface area contributed by atoms with E-state index in [1.165, 1.54) is 12.1 Å². The van der Waals surface area contributed by atoms with Gasteiger partial charge in [-0.25, -0.2) is 0 Å². The number of hydrogen-bond donors (Lipinski definition) is 0. The monoisotopic (exact) mass is 258 g/mol. The molecule has 0 saturated carbocycles. The molecule has 7 heteroatoms.